The van der Waals surface area contributed by atoms with Gasteiger partial charge in [0.15, 0.2) is 0 Å². The summed E-state index contributed by atoms with van der Waals surface area (Å²) in [5.41, 5.74) is 0.490. The highest BCUT2D eigenvalue weighted by molar-refractivity contribution is 7.91. The van der Waals surface area contributed by atoms with Crippen molar-refractivity contribution >= 4 is 15.9 Å². The Balaban J connectivity index is 2.43. The maximum Gasteiger partial charge on any atom is 0.240 e. The van der Waals surface area contributed by atoms with Crippen molar-refractivity contribution in [3.05, 3.63) is 12.3 Å². The largest absolute Gasteiger partial charge is 0.240 e. The molecule has 0 bridgehead atoms. The lowest BCUT2D eigenvalue weighted by atomic mass is 9.98. The van der Waals surface area contributed by atoms with Crippen LogP contribution in [0.25, 0.3) is 0 Å². The first-order chi connectivity index (χ1) is 6.53. The van der Waals surface area contributed by atoms with Crippen molar-refractivity contribution in [1.82, 2.24) is 0 Å². The van der Waals surface area contributed by atoms with E-state index in [2.05, 4.69) is 11.6 Å². The van der Waals surface area contributed by atoms with E-state index in [-0.39, 0.29) is 11.5 Å². The topological polar surface area (TPSA) is 63.6 Å². The van der Waals surface area contributed by atoms with E-state index < -0.39 is 9.84 Å². The molecule has 0 N–H and O–H groups in total. The molecule has 1 aliphatic heterocycles. The number of hydrogen-bond acceptors (Lipinski definition) is 4. The molecule has 4 nitrogen and oxygen atoms in total. The van der Waals surface area contributed by atoms with Gasteiger partial charge in [0.2, 0.25) is 6.08 Å². The van der Waals surface area contributed by atoms with Gasteiger partial charge >= 0.3 is 0 Å². The number of carbonyl (C=O) groups excluding carboxylic acids is 1. The van der Waals surface area contributed by atoms with Crippen LogP contribution in [0.3, 0.4) is 0 Å². The van der Waals surface area contributed by atoms with Gasteiger partial charge in [-0.3, -0.25) is 0 Å². The van der Waals surface area contributed by atoms with Crippen molar-refractivity contribution in [2.45, 2.75) is 19.3 Å². The summed E-state index contributed by atoms with van der Waals surface area (Å²) in [4.78, 5) is 13.3. The SMILES string of the molecule is C=C(CC1CCS(=O)(=O)CC1)N=C=O. The van der Waals surface area contributed by atoms with Crippen LogP contribution in [-0.4, -0.2) is 26.0 Å². The zero-order valence-electron chi connectivity index (χ0n) is 7.90. The van der Waals surface area contributed by atoms with Crippen LogP contribution in [0.1, 0.15) is 19.3 Å². The van der Waals surface area contributed by atoms with Crippen LogP contribution in [-0.2, 0) is 14.6 Å². The average Bonchev–Trinajstić information content (AvgIpc) is 2.09. The second-order valence-electron chi connectivity index (χ2n) is 3.57. The fourth-order valence-electron chi connectivity index (χ4n) is 1.59. The molecular formula is C9H13NO3S. The summed E-state index contributed by atoms with van der Waals surface area (Å²) in [6.45, 7) is 3.60. The van der Waals surface area contributed by atoms with E-state index >= 15 is 0 Å². The lowest BCUT2D eigenvalue weighted by Crippen LogP contribution is -2.23. The number of nitrogens with zero attached hydrogens (tertiary/aromatic N) is 1. The Morgan fingerprint density at radius 3 is 2.50 bits per heavy atom. The number of sulfone groups is 1. The van der Waals surface area contributed by atoms with Gasteiger partial charge in [-0.2, -0.15) is 4.99 Å². The van der Waals surface area contributed by atoms with E-state index in [1.807, 2.05) is 0 Å². The van der Waals surface area contributed by atoms with Gasteiger partial charge in [0, 0.05) is 5.70 Å². The molecule has 1 rings (SSSR count). The molecule has 1 saturated heterocycles. The lowest BCUT2D eigenvalue weighted by molar-refractivity contribution is 0.460. The molecule has 0 aromatic rings. The third-order valence-electron chi connectivity index (χ3n) is 2.40. The zero-order chi connectivity index (χ0) is 10.6. The van der Waals surface area contributed by atoms with Crippen LogP contribution >= 0.6 is 0 Å². The summed E-state index contributed by atoms with van der Waals surface area (Å²) in [6.07, 6.45) is 3.33. The minimum Gasteiger partial charge on any atom is -0.229 e. The van der Waals surface area contributed by atoms with Crippen molar-refractivity contribution < 1.29 is 13.2 Å². The van der Waals surface area contributed by atoms with Gasteiger partial charge in [0.1, 0.15) is 9.84 Å². The Morgan fingerprint density at radius 1 is 1.43 bits per heavy atom. The van der Waals surface area contributed by atoms with Gasteiger partial charge in [0.05, 0.1) is 11.5 Å². The molecule has 78 valence electrons. The third kappa shape index (κ3) is 3.44. The third-order valence-corrected chi connectivity index (χ3v) is 4.12. The Morgan fingerprint density at radius 2 is 2.00 bits per heavy atom. The highest BCUT2D eigenvalue weighted by Crippen LogP contribution is 2.24. The van der Waals surface area contributed by atoms with E-state index in [1.54, 1.807) is 0 Å². The molecular weight excluding hydrogens is 202 g/mol. The minimum atomic E-state index is -2.80. The molecule has 5 heteroatoms. The van der Waals surface area contributed by atoms with Gasteiger partial charge in [0.25, 0.3) is 0 Å². The minimum absolute atomic E-state index is 0.246. The highest BCUT2D eigenvalue weighted by Gasteiger charge is 2.23. The van der Waals surface area contributed by atoms with E-state index in [1.165, 1.54) is 6.08 Å². The monoisotopic (exact) mass is 215 g/mol. The van der Waals surface area contributed by atoms with E-state index in [9.17, 15) is 13.2 Å². The van der Waals surface area contributed by atoms with Crippen molar-refractivity contribution in [2.24, 2.45) is 10.9 Å². The van der Waals surface area contributed by atoms with Crippen molar-refractivity contribution in [3.8, 4) is 0 Å². The summed E-state index contributed by atoms with van der Waals surface area (Å²) in [5, 5.41) is 0. The Hall–Kier alpha value is -0.930. The molecule has 0 spiro atoms. The highest BCUT2D eigenvalue weighted by atomic mass is 32.2. The van der Waals surface area contributed by atoms with E-state index in [0.29, 0.717) is 30.9 Å². The second-order valence-corrected chi connectivity index (χ2v) is 5.87. The van der Waals surface area contributed by atoms with Gasteiger partial charge in [-0.15, -0.1) is 0 Å². The van der Waals surface area contributed by atoms with Crippen molar-refractivity contribution in [3.63, 3.8) is 0 Å². The number of rotatable bonds is 3. The zero-order valence-corrected chi connectivity index (χ0v) is 8.72. The average molecular weight is 215 g/mol. The summed E-state index contributed by atoms with van der Waals surface area (Å²) < 4.78 is 22.2. The Kier molecular flexibility index (Phi) is 3.61. The van der Waals surface area contributed by atoms with Crippen molar-refractivity contribution in [2.75, 3.05) is 11.5 Å². The maximum atomic E-state index is 11.1. The first kappa shape index (κ1) is 11.1. The van der Waals surface area contributed by atoms with Gasteiger partial charge in [-0.25, -0.2) is 13.2 Å². The van der Waals surface area contributed by atoms with Gasteiger partial charge in [-0.1, -0.05) is 6.58 Å². The number of allylic oxidation sites excluding steroid dienone is 1. The molecule has 0 atom stereocenters. The first-order valence-corrected chi connectivity index (χ1v) is 6.32. The van der Waals surface area contributed by atoms with Crippen LogP contribution in [0.4, 0.5) is 0 Å². The maximum absolute atomic E-state index is 11.1. The molecule has 14 heavy (non-hydrogen) atoms. The smallest absolute Gasteiger partial charge is 0.229 e. The van der Waals surface area contributed by atoms with Crippen LogP contribution < -0.4 is 0 Å². The van der Waals surface area contributed by atoms with Crippen LogP contribution in [0.2, 0.25) is 0 Å². The summed E-state index contributed by atoms with van der Waals surface area (Å²) in [6, 6.07) is 0. The molecule has 0 radical (unpaired) electrons. The summed E-state index contributed by atoms with van der Waals surface area (Å²) in [7, 11) is -2.80. The standard InChI is InChI=1S/C9H13NO3S/c1-8(10-7-11)6-9-2-4-14(12,13)5-3-9/h9H,1-6H2. The molecule has 0 aromatic heterocycles. The number of aliphatic imine (C=N–C) groups is 1. The van der Waals surface area contributed by atoms with Crippen LogP contribution in [0, 0.1) is 5.92 Å². The number of isocyanates is 1. The predicted molar refractivity (Wildman–Crippen MR) is 53.3 cm³/mol. The molecule has 0 aromatic carbocycles. The second kappa shape index (κ2) is 4.53. The van der Waals surface area contributed by atoms with Gasteiger partial charge < -0.3 is 0 Å². The van der Waals surface area contributed by atoms with Crippen molar-refractivity contribution in [1.29, 1.82) is 0 Å². The quantitative estimate of drug-likeness (QED) is 0.522. The summed E-state index contributed by atoms with van der Waals surface area (Å²) >= 11 is 0. The molecule has 0 saturated carbocycles. The lowest BCUT2D eigenvalue weighted by Gasteiger charge is -2.21. The van der Waals surface area contributed by atoms with E-state index in [0.717, 1.165) is 0 Å². The van der Waals surface area contributed by atoms with Crippen LogP contribution in [0.5, 0.6) is 0 Å². The molecule has 1 heterocycles. The summed E-state index contributed by atoms with van der Waals surface area (Å²) in [5.74, 6) is 0.786. The Bertz CT molecular complexity index is 352. The Labute approximate surface area is 83.6 Å². The predicted octanol–water partition coefficient (Wildman–Crippen LogP) is 1.05. The molecule has 1 aliphatic rings. The van der Waals surface area contributed by atoms with Gasteiger partial charge in [-0.05, 0) is 25.2 Å². The molecule has 0 amide bonds. The number of hydrogen-bond donors (Lipinski definition) is 0. The van der Waals surface area contributed by atoms with Crippen LogP contribution in [0.15, 0.2) is 17.3 Å². The fourth-order valence-corrected chi connectivity index (χ4v) is 3.18. The van der Waals surface area contributed by atoms with E-state index in [4.69, 9.17) is 0 Å². The molecule has 0 aliphatic carbocycles. The normalized spacial score (nSPS) is 21.1. The molecule has 0 unspecified atom stereocenters. The first-order valence-electron chi connectivity index (χ1n) is 4.49. The fraction of sp³-hybridized carbons (Fsp3) is 0.667. The molecule has 1 fully saturated rings.